The summed E-state index contributed by atoms with van der Waals surface area (Å²) in [7, 11) is 0. The molecule has 0 radical (unpaired) electrons. The van der Waals surface area contributed by atoms with Gasteiger partial charge in [-0.1, -0.05) is 15.9 Å². The van der Waals surface area contributed by atoms with Crippen LogP contribution in [0.5, 0.6) is 0 Å². The van der Waals surface area contributed by atoms with E-state index in [9.17, 15) is 4.79 Å². The van der Waals surface area contributed by atoms with Crippen molar-refractivity contribution in [1.29, 1.82) is 0 Å². The summed E-state index contributed by atoms with van der Waals surface area (Å²) >= 11 is 3.53. The summed E-state index contributed by atoms with van der Waals surface area (Å²) in [4.78, 5) is 11.7. The van der Waals surface area contributed by atoms with E-state index < -0.39 is 0 Å². The fourth-order valence-electron chi connectivity index (χ4n) is 1.79. The van der Waals surface area contributed by atoms with Gasteiger partial charge < -0.3 is 9.47 Å². The van der Waals surface area contributed by atoms with Gasteiger partial charge in [-0.15, -0.1) is 0 Å². The molecule has 1 aliphatic carbocycles. The van der Waals surface area contributed by atoms with E-state index in [4.69, 9.17) is 9.47 Å². The molecule has 1 rings (SSSR count). The van der Waals surface area contributed by atoms with E-state index in [0.717, 1.165) is 12.8 Å². The lowest BCUT2D eigenvalue weighted by Gasteiger charge is -2.12. The largest absolute Gasteiger partial charge is 0.466 e. The Balaban J connectivity index is 2.41. The predicted octanol–water partition coefficient (Wildman–Crippen LogP) is 2.13. The van der Waals surface area contributed by atoms with Crippen molar-refractivity contribution in [3.8, 4) is 0 Å². The smallest absolute Gasteiger partial charge is 0.309 e. The van der Waals surface area contributed by atoms with Crippen LogP contribution >= 0.6 is 15.9 Å². The fraction of sp³-hybridized carbons (Fsp3) is 0.900. The van der Waals surface area contributed by atoms with Gasteiger partial charge in [-0.25, -0.2) is 0 Å². The molecular weight excluding hydrogens is 248 g/mol. The molecule has 1 fully saturated rings. The van der Waals surface area contributed by atoms with Gasteiger partial charge in [0, 0.05) is 11.4 Å². The predicted molar refractivity (Wildman–Crippen MR) is 57.5 cm³/mol. The van der Waals surface area contributed by atoms with Crippen LogP contribution in [0.3, 0.4) is 0 Å². The second-order valence-corrected chi connectivity index (χ2v) is 4.61. The van der Waals surface area contributed by atoms with E-state index in [2.05, 4.69) is 15.9 Å². The van der Waals surface area contributed by atoms with Crippen LogP contribution in [-0.2, 0) is 14.3 Å². The highest BCUT2D eigenvalue weighted by molar-refractivity contribution is 9.09. The third-order valence-corrected chi connectivity index (χ3v) is 3.39. The molecule has 0 aromatic rings. The third-order valence-electron chi connectivity index (χ3n) is 2.43. The molecule has 0 saturated heterocycles. The first-order valence-electron chi connectivity index (χ1n) is 5.11. The number of carbonyl (C=O) groups is 1. The Kier molecular flexibility index (Phi) is 4.89. The molecule has 0 N–H and O–H groups in total. The average Bonchev–Trinajstić information content (AvgIpc) is 2.49. The zero-order valence-electron chi connectivity index (χ0n) is 8.66. The number of alkyl halides is 1. The molecule has 0 amide bonds. The van der Waals surface area contributed by atoms with Crippen molar-refractivity contribution in [2.24, 2.45) is 5.92 Å². The maximum absolute atomic E-state index is 11.4. The van der Waals surface area contributed by atoms with Crippen molar-refractivity contribution in [3.05, 3.63) is 0 Å². The van der Waals surface area contributed by atoms with E-state index in [-0.39, 0.29) is 22.8 Å². The van der Waals surface area contributed by atoms with E-state index >= 15 is 0 Å². The Bertz CT molecular complexity index is 196. The van der Waals surface area contributed by atoms with Crippen LogP contribution in [0.4, 0.5) is 0 Å². The topological polar surface area (TPSA) is 35.5 Å². The molecule has 3 unspecified atom stereocenters. The number of rotatable bonds is 4. The molecule has 0 aromatic heterocycles. The lowest BCUT2D eigenvalue weighted by molar-refractivity contribution is -0.148. The summed E-state index contributed by atoms with van der Waals surface area (Å²) in [6, 6.07) is 0. The third kappa shape index (κ3) is 2.95. The SMILES string of the molecule is CCOC(=O)C1CC(Br)C(OCC)C1. The highest BCUT2D eigenvalue weighted by Gasteiger charge is 2.37. The minimum atomic E-state index is -0.0841. The Hall–Kier alpha value is -0.0900. The first-order valence-corrected chi connectivity index (χ1v) is 6.02. The minimum absolute atomic E-state index is 0.0101. The van der Waals surface area contributed by atoms with Crippen molar-refractivity contribution in [3.63, 3.8) is 0 Å². The summed E-state index contributed by atoms with van der Waals surface area (Å²) in [6.45, 7) is 4.96. The highest BCUT2D eigenvalue weighted by Crippen LogP contribution is 2.33. The molecule has 4 heteroatoms. The average molecular weight is 265 g/mol. The van der Waals surface area contributed by atoms with Crippen LogP contribution in [-0.4, -0.2) is 30.1 Å². The summed E-state index contributed by atoms with van der Waals surface area (Å²) in [5.41, 5.74) is 0. The summed E-state index contributed by atoms with van der Waals surface area (Å²) < 4.78 is 10.5. The van der Waals surface area contributed by atoms with E-state index in [1.54, 1.807) is 0 Å². The lowest BCUT2D eigenvalue weighted by atomic mass is 10.1. The van der Waals surface area contributed by atoms with Crippen LogP contribution in [0.25, 0.3) is 0 Å². The van der Waals surface area contributed by atoms with Crippen molar-refractivity contribution in [2.75, 3.05) is 13.2 Å². The second kappa shape index (κ2) is 5.71. The summed E-state index contributed by atoms with van der Waals surface area (Å²) in [5.74, 6) is -0.0740. The number of halogens is 1. The summed E-state index contributed by atoms with van der Waals surface area (Å²) in [5, 5.41) is 0. The van der Waals surface area contributed by atoms with Gasteiger partial charge in [0.15, 0.2) is 0 Å². The Labute approximate surface area is 93.3 Å². The number of ether oxygens (including phenoxy) is 2. The maximum atomic E-state index is 11.4. The van der Waals surface area contributed by atoms with Crippen molar-refractivity contribution in [2.45, 2.75) is 37.6 Å². The van der Waals surface area contributed by atoms with E-state index in [0.29, 0.717) is 13.2 Å². The monoisotopic (exact) mass is 264 g/mol. The van der Waals surface area contributed by atoms with Gasteiger partial charge in [-0.2, -0.15) is 0 Å². The van der Waals surface area contributed by atoms with Gasteiger partial charge in [0.2, 0.25) is 0 Å². The zero-order valence-corrected chi connectivity index (χ0v) is 10.2. The molecule has 0 aromatic carbocycles. The fourth-order valence-corrected chi connectivity index (χ4v) is 2.61. The van der Waals surface area contributed by atoms with Gasteiger partial charge in [0.05, 0.1) is 18.6 Å². The molecule has 0 bridgehead atoms. The van der Waals surface area contributed by atoms with Crippen LogP contribution < -0.4 is 0 Å². The van der Waals surface area contributed by atoms with Crippen molar-refractivity contribution >= 4 is 21.9 Å². The van der Waals surface area contributed by atoms with Crippen LogP contribution in [0.2, 0.25) is 0 Å². The first kappa shape index (κ1) is 12.0. The number of carbonyl (C=O) groups excluding carboxylic acids is 1. The van der Waals surface area contributed by atoms with Crippen LogP contribution in [0, 0.1) is 5.92 Å². The number of esters is 1. The Morgan fingerprint density at radius 1 is 1.36 bits per heavy atom. The normalized spacial score (nSPS) is 31.8. The van der Waals surface area contributed by atoms with Gasteiger partial charge in [0.25, 0.3) is 0 Å². The highest BCUT2D eigenvalue weighted by atomic mass is 79.9. The molecule has 82 valence electrons. The van der Waals surface area contributed by atoms with E-state index in [1.807, 2.05) is 13.8 Å². The molecule has 0 aliphatic heterocycles. The second-order valence-electron chi connectivity index (χ2n) is 3.43. The molecule has 1 aliphatic rings. The zero-order chi connectivity index (χ0) is 10.6. The number of hydrogen-bond donors (Lipinski definition) is 0. The number of hydrogen-bond acceptors (Lipinski definition) is 3. The molecule has 14 heavy (non-hydrogen) atoms. The van der Waals surface area contributed by atoms with Crippen molar-refractivity contribution in [1.82, 2.24) is 0 Å². The van der Waals surface area contributed by atoms with Gasteiger partial charge in [-0.05, 0) is 26.7 Å². The lowest BCUT2D eigenvalue weighted by Crippen LogP contribution is -2.18. The Morgan fingerprint density at radius 3 is 2.64 bits per heavy atom. The quantitative estimate of drug-likeness (QED) is 0.577. The standard InChI is InChI=1S/C10H17BrO3/c1-3-13-9-6-7(5-8(9)11)10(12)14-4-2/h7-9H,3-6H2,1-2H3. The van der Waals surface area contributed by atoms with Crippen LogP contribution in [0.1, 0.15) is 26.7 Å². The first-order chi connectivity index (χ1) is 6.69. The molecule has 0 spiro atoms. The molecule has 0 heterocycles. The van der Waals surface area contributed by atoms with Crippen LogP contribution in [0.15, 0.2) is 0 Å². The maximum Gasteiger partial charge on any atom is 0.309 e. The molecule has 3 atom stereocenters. The van der Waals surface area contributed by atoms with Gasteiger partial charge in [-0.3, -0.25) is 4.79 Å². The van der Waals surface area contributed by atoms with Crippen molar-refractivity contribution < 1.29 is 14.3 Å². The molecule has 1 saturated carbocycles. The van der Waals surface area contributed by atoms with Gasteiger partial charge >= 0.3 is 5.97 Å². The summed E-state index contributed by atoms with van der Waals surface area (Å²) in [6.07, 6.45) is 1.76. The minimum Gasteiger partial charge on any atom is -0.466 e. The Morgan fingerprint density at radius 2 is 2.07 bits per heavy atom. The van der Waals surface area contributed by atoms with Gasteiger partial charge in [0.1, 0.15) is 0 Å². The molecule has 3 nitrogen and oxygen atoms in total. The molecular formula is C10H17BrO3. The van der Waals surface area contributed by atoms with E-state index in [1.165, 1.54) is 0 Å².